The largest absolute Gasteiger partial charge is 0.298 e. The van der Waals surface area contributed by atoms with Crippen molar-refractivity contribution in [2.24, 2.45) is 0 Å². The van der Waals surface area contributed by atoms with Crippen molar-refractivity contribution >= 4 is 51.6 Å². The van der Waals surface area contributed by atoms with E-state index in [1.807, 2.05) is 49.7 Å². The van der Waals surface area contributed by atoms with E-state index in [1.165, 1.54) is 0 Å². The SMILES string of the molecule is CC(=O)C(C)(C)Sc1ccc2c(C)nn(Cc3c(Cl)cccc3Cl)c2c1. The highest BCUT2D eigenvalue weighted by atomic mass is 35.5. The Labute approximate surface area is 167 Å². The van der Waals surface area contributed by atoms with Crippen LogP contribution in [-0.2, 0) is 11.3 Å². The molecule has 0 spiro atoms. The Kier molecular flexibility index (Phi) is 5.38. The minimum absolute atomic E-state index is 0.148. The van der Waals surface area contributed by atoms with Crippen LogP contribution in [0.15, 0.2) is 41.3 Å². The summed E-state index contributed by atoms with van der Waals surface area (Å²) in [6, 6.07) is 11.7. The van der Waals surface area contributed by atoms with Gasteiger partial charge in [-0.05, 0) is 58.0 Å². The number of aromatic nitrogens is 2. The average Bonchev–Trinajstić information content (AvgIpc) is 2.86. The van der Waals surface area contributed by atoms with E-state index in [0.717, 1.165) is 27.1 Å². The van der Waals surface area contributed by atoms with Crippen LogP contribution in [0.3, 0.4) is 0 Å². The number of benzene rings is 2. The van der Waals surface area contributed by atoms with E-state index >= 15 is 0 Å². The quantitative estimate of drug-likeness (QED) is 0.475. The van der Waals surface area contributed by atoms with Gasteiger partial charge in [0.15, 0.2) is 0 Å². The number of ketones is 1. The summed E-state index contributed by atoms with van der Waals surface area (Å²) in [5, 5.41) is 7.00. The number of hydrogen-bond acceptors (Lipinski definition) is 3. The van der Waals surface area contributed by atoms with E-state index in [1.54, 1.807) is 18.7 Å². The maximum Gasteiger partial charge on any atom is 0.145 e. The summed E-state index contributed by atoms with van der Waals surface area (Å²) in [5.41, 5.74) is 2.80. The normalized spacial score (nSPS) is 11.9. The van der Waals surface area contributed by atoms with Crippen LogP contribution in [0.25, 0.3) is 10.9 Å². The number of carbonyl (C=O) groups is 1. The maximum absolute atomic E-state index is 11.9. The van der Waals surface area contributed by atoms with E-state index in [-0.39, 0.29) is 5.78 Å². The lowest BCUT2D eigenvalue weighted by molar-refractivity contribution is -0.118. The lowest BCUT2D eigenvalue weighted by Crippen LogP contribution is -2.24. The van der Waals surface area contributed by atoms with Gasteiger partial charge in [0.05, 0.1) is 22.5 Å². The molecular weight excluding hydrogens is 387 g/mol. The molecule has 0 radical (unpaired) electrons. The first-order valence-corrected chi connectivity index (χ1v) is 9.86. The van der Waals surface area contributed by atoms with Gasteiger partial charge in [-0.15, -0.1) is 11.8 Å². The predicted octanol–water partition coefficient (Wildman–Crippen LogP) is 6.16. The minimum atomic E-state index is -0.473. The van der Waals surface area contributed by atoms with Crippen molar-refractivity contribution in [2.45, 2.75) is 43.9 Å². The number of rotatable bonds is 5. The summed E-state index contributed by atoms with van der Waals surface area (Å²) < 4.78 is 1.45. The highest BCUT2D eigenvalue weighted by molar-refractivity contribution is 8.01. The second kappa shape index (κ2) is 7.26. The lowest BCUT2D eigenvalue weighted by Gasteiger charge is -2.20. The Morgan fingerprint density at radius 3 is 2.46 bits per heavy atom. The second-order valence-electron chi connectivity index (χ2n) is 6.79. The third kappa shape index (κ3) is 3.78. The van der Waals surface area contributed by atoms with E-state index in [0.29, 0.717) is 16.6 Å². The molecule has 1 heterocycles. The molecule has 136 valence electrons. The Morgan fingerprint density at radius 1 is 1.19 bits per heavy atom. The topological polar surface area (TPSA) is 34.9 Å². The van der Waals surface area contributed by atoms with Gasteiger partial charge in [-0.3, -0.25) is 9.48 Å². The molecule has 3 rings (SSSR count). The summed E-state index contributed by atoms with van der Waals surface area (Å²) in [4.78, 5) is 12.9. The third-order valence-electron chi connectivity index (χ3n) is 4.50. The Balaban J connectivity index is 2.04. The number of fused-ring (bicyclic) bond motifs is 1. The number of thioether (sulfide) groups is 1. The number of carbonyl (C=O) groups excluding carboxylic acids is 1. The Morgan fingerprint density at radius 2 is 1.85 bits per heavy atom. The monoisotopic (exact) mass is 406 g/mol. The smallest absolute Gasteiger partial charge is 0.145 e. The summed E-state index contributed by atoms with van der Waals surface area (Å²) >= 11 is 14.2. The fourth-order valence-electron chi connectivity index (χ4n) is 2.70. The summed E-state index contributed by atoms with van der Waals surface area (Å²) in [6.45, 7) is 7.98. The standard InChI is InChI=1S/C20H20Cl2N2OS/c1-12-15-9-8-14(26-20(3,4)13(2)25)10-19(15)24(23-12)11-16-17(21)6-5-7-18(16)22/h5-10H,11H2,1-4H3. The van der Waals surface area contributed by atoms with E-state index in [2.05, 4.69) is 17.2 Å². The zero-order valence-corrected chi connectivity index (χ0v) is 17.5. The van der Waals surface area contributed by atoms with Gasteiger partial charge < -0.3 is 0 Å². The molecule has 0 fully saturated rings. The molecule has 0 bridgehead atoms. The van der Waals surface area contributed by atoms with Crippen LogP contribution >= 0.6 is 35.0 Å². The highest BCUT2D eigenvalue weighted by Crippen LogP contribution is 2.35. The minimum Gasteiger partial charge on any atom is -0.298 e. The van der Waals surface area contributed by atoms with E-state index in [4.69, 9.17) is 23.2 Å². The molecule has 0 atom stereocenters. The number of hydrogen-bond donors (Lipinski definition) is 0. The first-order chi connectivity index (χ1) is 12.2. The van der Waals surface area contributed by atoms with Gasteiger partial charge in [-0.2, -0.15) is 5.10 Å². The van der Waals surface area contributed by atoms with Crippen molar-refractivity contribution in [3.05, 3.63) is 57.7 Å². The molecule has 3 nitrogen and oxygen atoms in total. The predicted molar refractivity (Wildman–Crippen MR) is 111 cm³/mol. The number of nitrogens with zero attached hydrogens (tertiary/aromatic N) is 2. The van der Waals surface area contributed by atoms with Crippen molar-refractivity contribution in [1.82, 2.24) is 9.78 Å². The average molecular weight is 407 g/mol. The number of Topliss-reactive ketones (excluding diaryl/α,β-unsaturated/α-hetero) is 1. The Hall–Kier alpha value is -1.49. The van der Waals surface area contributed by atoms with Crippen LogP contribution in [0, 0.1) is 6.92 Å². The van der Waals surface area contributed by atoms with Crippen LogP contribution in [0.2, 0.25) is 10.0 Å². The van der Waals surface area contributed by atoms with Crippen molar-refractivity contribution in [2.75, 3.05) is 0 Å². The van der Waals surface area contributed by atoms with Gasteiger partial charge in [0.1, 0.15) is 5.78 Å². The van der Waals surface area contributed by atoms with Crippen LogP contribution < -0.4 is 0 Å². The molecule has 3 aromatic rings. The molecule has 0 aliphatic rings. The van der Waals surface area contributed by atoms with Crippen molar-refractivity contribution < 1.29 is 4.79 Å². The zero-order valence-electron chi connectivity index (χ0n) is 15.1. The fraction of sp³-hybridized carbons (Fsp3) is 0.300. The number of aryl methyl sites for hydroxylation is 1. The van der Waals surface area contributed by atoms with Gasteiger partial charge in [-0.25, -0.2) is 0 Å². The first kappa shape index (κ1) is 19.3. The van der Waals surface area contributed by atoms with Crippen LogP contribution in [0.4, 0.5) is 0 Å². The van der Waals surface area contributed by atoms with Gasteiger partial charge in [0, 0.05) is 25.9 Å². The molecule has 26 heavy (non-hydrogen) atoms. The molecule has 0 N–H and O–H groups in total. The number of halogens is 2. The summed E-state index contributed by atoms with van der Waals surface area (Å²) in [7, 11) is 0. The van der Waals surface area contributed by atoms with E-state index < -0.39 is 4.75 Å². The summed E-state index contributed by atoms with van der Waals surface area (Å²) in [5.74, 6) is 0.148. The van der Waals surface area contributed by atoms with Crippen LogP contribution in [-0.4, -0.2) is 20.3 Å². The molecule has 0 saturated heterocycles. The van der Waals surface area contributed by atoms with Crippen molar-refractivity contribution in [3.8, 4) is 0 Å². The third-order valence-corrected chi connectivity index (χ3v) is 6.49. The van der Waals surface area contributed by atoms with Crippen molar-refractivity contribution in [3.63, 3.8) is 0 Å². The highest BCUT2D eigenvalue weighted by Gasteiger charge is 2.25. The molecule has 0 saturated carbocycles. The summed E-state index contributed by atoms with van der Waals surface area (Å²) in [6.07, 6.45) is 0. The first-order valence-electron chi connectivity index (χ1n) is 8.29. The van der Waals surface area contributed by atoms with E-state index in [9.17, 15) is 4.79 Å². The molecular formula is C20H20Cl2N2OS. The molecule has 0 amide bonds. The molecule has 0 unspecified atom stereocenters. The molecule has 2 aromatic carbocycles. The zero-order chi connectivity index (χ0) is 19.1. The molecule has 0 aliphatic heterocycles. The van der Waals surface area contributed by atoms with Gasteiger partial charge >= 0.3 is 0 Å². The lowest BCUT2D eigenvalue weighted by atomic mass is 10.1. The fourth-order valence-corrected chi connectivity index (χ4v) is 4.26. The van der Waals surface area contributed by atoms with Gasteiger partial charge in [-0.1, -0.05) is 29.3 Å². The van der Waals surface area contributed by atoms with Crippen LogP contribution in [0.5, 0.6) is 0 Å². The van der Waals surface area contributed by atoms with Gasteiger partial charge in [0.25, 0.3) is 0 Å². The van der Waals surface area contributed by atoms with Crippen LogP contribution in [0.1, 0.15) is 32.0 Å². The van der Waals surface area contributed by atoms with Gasteiger partial charge in [0.2, 0.25) is 0 Å². The van der Waals surface area contributed by atoms with Crippen molar-refractivity contribution in [1.29, 1.82) is 0 Å². The Bertz CT molecular complexity index is 975. The maximum atomic E-state index is 11.9. The second-order valence-corrected chi connectivity index (χ2v) is 9.30. The molecule has 6 heteroatoms. The molecule has 1 aromatic heterocycles. The molecule has 0 aliphatic carbocycles.